The first-order chi connectivity index (χ1) is 13.2. The van der Waals surface area contributed by atoms with Crippen LogP contribution in [0.2, 0.25) is 0 Å². The van der Waals surface area contributed by atoms with Crippen molar-refractivity contribution in [3.05, 3.63) is 48.7 Å². The molecule has 136 valence electrons. The van der Waals surface area contributed by atoms with E-state index in [4.69, 9.17) is 9.15 Å². The molecule has 9 nitrogen and oxygen atoms in total. The van der Waals surface area contributed by atoms with Crippen LogP contribution in [-0.4, -0.2) is 31.3 Å². The Morgan fingerprint density at radius 2 is 2.11 bits per heavy atom. The Balaban J connectivity index is 1.66. The van der Waals surface area contributed by atoms with Crippen molar-refractivity contribution < 1.29 is 13.9 Å². The number of thiazole rings is 1. The van der Waals surface area contributed by atoms with Crippen molar-refractivity contribution in [3.63, 3.8) is 0 Å². The van der Waals surface area contributed by atoms with Crippen LogP contribution in [0.5, 0.6) is 5.95 Å². The first kappa shape index (κ1) is 16.9. The first-order valence-electron chi connectivity index (χ1n) is 8.09. The molecule has 10 heteroatoms. The third-order valence-electron chi connectivity index (χ3n) is 3.51. The van der Waals surface area contributed by atoms with Crippen LogP contribution in [0.1, 0.15) is 6.92 Å². The summed E-state index contributed by atoms with van der Waals surface area (Å²) in [5.74, 6) is 0.542. The molecule has 0 aliphatic carbocycles. The van der Waals surface area contributed by atoms with Gasteiger partial charge in [-0.15, -0.1) is 10.2 Å². The molecule has 0 aliphatic rings. The van der Waals surface area contributed by atoms with E-state index in [0.717, 1.165) is 5.56 Å². The van der Waals surface area contributed by atoms with Crippen LogP contribution < -0.4 is 10.1 Å². The van der Waals surface area contributed by atoms with E-state index in [1.165, 1.54) is 28.5 Å². The smallest absolute Gasteiger partial charge is 0.421 e. The number of hydrogen-bond donors (Lipinski definition) is 1. The largest absolute Gasteiger partial charge is 0.434 e. The van der Waals surface area contributed by atoms with Crippen LogP contribution in [0, 0.1) is 0 Å². The van der Waals surface area contributed by atoms with Crippen LogP contribution >= 0.6 is 11.3 Å². The van der Waals surface area contributed by atoms with Gasteiger partial charge < -0.3 is 9.15 Å². The van der Waals surface area contributed by atoms with Gasteiger partial charge in [0.25, 0.3) is 5.95 Å². The van der Waals surface area contributed by atoms with E-state index >= 15 is 0 Å². The highest BCUT2D eigenvalue weighted by Gasteiger charge is 2.20. The number of anilines is 1. The molecule has 0 unspecified atom stereocenters. The van der Waals surface area contributed by atoms with Gasteiger partial charge in [-0.2, -0.15) is 4.80 Å². The van der Waals surface area contributed by atoms with E-state index in [0.29, 0.717) is 28.1 Å². The number of amides is 1. The van der Waals surface area contributed by atoms with Crippen LogP contribution in [0.15, 0.2) is 53.1 Å². The summed E-state index contributed by atoms with van der Waals surface area (Å²) in [5.41, 5.74) is 1.54. The van der Waals surface area contributed by atoms with Crippen LogP contribution in [0.3, 0.4) is 0 Å². The molecular weight excluding hydrogens is 368 g/mol. The highest BCUT2D eigenvalue weighted by molar-refractivity contribution is 7.19. The second-order valence-corrected chi connectivity index (χ2v) is 6.31. The van der Waals surface area contributed by atoms with Gasteiger partial charge in [0.15, 0.2) is 5.13 Å². The third-order valence-corrected chi connectivity index (χ3v) is 4.48. The molecule has 0 saturated carbocycles. The van der Waals surface area contributed by atoms with Crippen LogP contribution in [0.4, 0.5) is 9.93 Å². The number of tetrazole rings is 1. The Labute approximate surface area is 157 Å². The van der Waals surface area contributed by atoms with Gasteiger partial charge in [-0.1, -0.05) is 41.7 Å². The fourth-order valence-electron chi connectivity index (χ4n) is 2.31. The predicted molar refractivity (Wildman–Crippen MR) is 98.4 cm³/mol. The highest BCUT2D eigenvalue weighted by Crippen LogP contribution is 2.37. The maximum atomic E-state index is 12.0. The first-order valence-corrected chi connectivity index (χ1v) is 8.91. The number of carbonyl (C=O) groups is 1. The van der Waals surface area contributed by atoms with Gasteiger partial charge >= 0.3 is 6.09 Å². The summed E-state index contributed by atoms with van der Waals surface area (Å²) in [6.45, 7) is 2.53. The second-order valence-electron chi connectivity index (χ2n) is 5.31. The Morgan fingerprint density at radius 3 is 2.81 bits per heavy atom. The molecule has 0 fully saturated rings. The van der Waals surface area contributed by atoms with E-state index in [9.17, 15) is 4.79 Å². The van der Waals surface area contributed by atoms with E-state index in [1.807, 2.05) is 37.3 Å². The number of benzene rings is 1. The number of nitrogens with one attached hydrogen (secondary N) is 1. The SMILES string of the molecule is CCn1nnc(-c2sc(NC(=O)Oc3ccco3)nc2-c2ccccc2)n1. The zero-order chi connectivity index (χ0) is 18.6. The van der Waals surface area contributed by atoms with Crippen molar-refractivity contribution in [2.75, 3.05) is 5.32 Å². The number of carbonyl (C=O) groups excluding carboxylic acids is 1. The minimum absolute atomic E-state index is 0.0973. The summed E-state index contributed by atoms with van der Waals surface area (Å²) >= 11 is 1.24. The Hall–Kier alpha value is -3.53. The number of furan rings is 1. The van der Waals surface area contributed by atoms with Gasteiger partial charge in [-0.25, -0.2) is 9.78 Å². The van der Waals surface area contributed by atoms with Crippen molar-refractivity contribution in [3.8, 4) is 27.9 Å². The van der Waals surface area contributed by atoms with Crippen molar-refractivity contribution in [2.24, 2.45) is 0 Å². The summed E-state index contributed by atoms with van der Waals surface area (Å²) in [6.07, 6.45) is 0.718. The van der Waals surface area contributed by atoms with Crippen molar-refractivity contribution in [2.45, 2.75) is 13.5 Å². The molecule has 1 N–H and O–H groups in total. The van der Waals surface area contributed by atoms with E-state index in [2.05, 4.69) is 25.7 Å². The fraction of sp³-hybridized carbons (Fsp3) is 0.118. The lowest BCUT2D eigenvalue weighted by molar-refractivity contribution is 0.202. The monoisotopic (exact) mass is 382 g/mol. The lowest BCUT2D eigenvalue weighted by Gasteiger charge is -2.00. The Morgan fingerprint density at radius 1 is 1.26 bits per heavy atom. The summed E-state index contributed by atoms with van der Waals surface area (Å²) in [4.78, 5) is 18.8. The molecule has 0 radical (unpaired) electrons. The molecule has 1 amide bonds. The lowest BCUT2D eigenvalue weighted by Crippen LogP contribution is -2.16. The van der Waals surface area contributed by atoms with Gasteiger partial charge in [0, 0.05) is 11.6 Å². The van der Waals surface area contributed by atoms with Crippen LogP contribution in [-0.2, 0) is 6.54 Å². The Kier molecular flexibility index (Phi) is 4.62. The molecule has 3 aromatic heterocycles. The van der Waals surface area contributed by atoms with E-state index < -0.39 is 6.09 Å². The molecule has 1 aromatic carbocycles. The molecule has 0 aliphatic heterocycles. The minimum Gasteiger partial charge on any atom is -0.434 e. The maximum Gasteiger partial charge on any atom is 0.421 e. The van der Waals surface area contributed by atoms with Gasteiger partial charge in [0.1, 0.15) is 4.88 Å². The average Bonchev–Trinajstić information content (AvgIpc) is 3.42. The number of aryl methyl sites for hydroxylation is 1. The topological polar surface area (TPSA) is 108 Å². The minimum atomic E-state index is -0.699. The zero-order valence-electron chi connectivity index (χ0n) is 14.2. The Bertz CT molecular complexity index is 1040. The average molecular weight is 382 g/mol. The third kappa shape index (κ3) is 3.70. The van der Waals surface area contributed by atoms with Gasteiger partial charge in [0.05, 0.1) is 18.5 Å². The van der Waals surface area contributed by atoms with Crippen molar-refractivity contribution in [1.29, 1.82) is 0 Å². The number of hydrogen-bond acceptors (Lipinski definition) is 8. The molecule has 4 rings (SSSR count). The lowest BCUT2D eigenvalue weighted by atomic mass is 10.1. The van der Waals surface area contributed by atoms with Gasteiger partial charge in [0.2, 0.25) is 5.82 Å². The number of rotatable bonds is 5. The summed E-state index contributed by atoms with van der Waals surface area (Å²) < 4.78 is 10.0. The quantitative estimate of drug-likeness (QED) is 0.561. The summed E-state index contributed by atoms with van der Waals surface area (Å²) in [7, 11) is 0. The normalized spacial score (nSPS) is 10.7. The maximum absolute atomic E-state index is 12.0. The molecule has 3 heterocycles. The van der Waals surface area contributed by atoms with Crippen molar-refractivity contribution >= 4 is 22.6 Å². The van der Waals surface area contributed by atoms with E-state index in [-0.39, 0.29) is 5.95 Å². The summed E-state index contributed by atoms with van der Waals surface area (Å²) in [6, 6.07) is 12.7. The predicted octanol–water partition coefficient (Wildman–Crippen LogP) is 3.69. The second kappa shape index (κ2) is 7.38. The molecule has 0 bridgehead atoms. The molecule has 4 aromatic rings. The fourth-order valence-corrected chi connectivity index (χ4v) is 3.21. The number of aromatic nitrogens is 5. The molecule has 0 spiro atoms. The molecule has 0 saturated heterocycles. The van der Waals surface area contributed by atoms with Gasteiger partial charge in [-0.05, 0) is 18.2 Å². The number of nitrogens with zero attached hydrogens (tertiary/aromatic N) is 5. The van der Waals surface area contributed by atoms with Crippen molar-refractivity contribution in [1.82, 2.24) is 25.2 Å². The van der Waals surface area contributed by atoms with Gasteiger partial charge in [-0.3, -0.25) is 5.32 Å². The molecular formula is C17H14N6O3S. The highest BCUT2D eigenvalue weighted by atomic mass is 32.1. The van der Waals surface area contributed by atoms with E-state index in [1.54, 1.807) is 6.07 Å². The standard InChI is InChI=1S/C17H14N6O3S/c1-2-23-21-15(20-22-23)14-13(11-7-4-3-5-8-11)18-16(27-14)19-17(24)26-12-9-6-10-25-12/h3-10H,2H2,1H3,(H,18,19,24). The van der Waals surface area contributed by atoms with Crippen LogP contribution in [0.25, 0.3) is 22.0 Å². The zero-order valence-corrected chi connectivity index (χ0v) is 15.0. The number of ether oxygens (including phenoxy) is 1. The summed E-state index contributed by atoms with van der Waals surface area (Å²) in [5, 5.41) is 15.4. The molecule has 27 heavy (non-hydrogen) atoms. The molecule has 0 atom stereocenters.